The molecular weight excluding hydrogens is 332 g/mol. The Kier molecular flexibility index (Phi) is 4.56. The predicted octanol–water partition coefficient (Wildman–Crippen LogP) is 4.01. The van der Waals surface area contributed by atoms with E-state index in [0.29, 0.717) is 12.0 Å². The van der Waals surface area contributed by atoms with Crippen molar-refractivity contribution in [2.75, 3.05) is 0 Å². The molecule has 0 amide bonds. The van der Waals surface area contributed by atoms with Crippen LogP contribution >= 0.6 is 27.3 Å². The zero-order valence-corrected chi connectivity index (χ0v) is 13.7. The summed E-state index contributed by atoms with van der Waals surface area (Å²) in [6, 6.07) is 11.0. The highest BCUT2D eigenvalue weighted by Crippen LogP contribution is 2.38. The lowest BCUT2D eigenvalue weighted by Crippen LogP contribution is -2.42. The molecule has 0 aliphatic heterocycles. The Bertz CT molecular complexity index is 581. The number of benzene rings is 1. The molecule has 0 saturated carbocycles. The summed E-state index contributed by atoms with van der Waals surface area (Å²) in [6.45, 7) is 0. The van der Waals surface area contributed by atoms with E-state index < -0.39 is 0 Å². The first-order valence-electron chi connectivity index (χ1n) is 7.05. The summed E-state index contributed by atoms with van der Waals surface area (Å²) >= 11 is 5.52. The fourth-order valence-electron chi connectivity index (χ4n) is 3.16. The molecule has 1 aliphatic carbocycles. The van der Waals surface area contributed by atoms with Crippen LogP contribution in [0.1, 0.15) is 34.8 Å². The summed E-state index contributed by atoms with van der Waals surface area (Å²) in [5, 5.41) is 2.22. The Hall–Kier alpha value is -0.680. The van der Waals surface area contributed by atoms with E-state index in [9.17, 15) is 0 Å². The highest BCUT2D eigenvalue weighted by molar-refractivity contribution is 9.10. The molecular formula is C16H19BrN2S. The molecule has 106 valence electrons. The SMILES string of the molecule is NNC(Cc1ccccc1Br)C1CCCc2sccc21. The summed E-state index contributed by atoms with van der Waals surface area (Å²) in [4.78, 5) is 1.55. The minimum atomic E-state index is 0.294. The van der Waals surface area contributed by atoms with Gasteiger partial charge in [-0.05, 0) is 54.3 Å². The van der Waals surface area contributed by atoms with Crippen LogP contribution in [0, 0.1) is 0 Å². The number of nitrogens with one attached hydrogen (secondary N) is 1. The number of thiophene rings is 1. The van der Waals surface area contributed by atoms with E-state index in [0.717, 1.165) is 6.42 Å². The number of hydrogen-bond donors (Lipinski definition) is 2. The molecule has 0 fully saturated rings. The maximum atomic E-state index is 5.87. The highest BCUT2D eigenvalue weighted by atomic mass is 79.9. The normalized spacial score (nSPS) is 19.6. The Morgan fingerprint density at radius 2 is 2.20 bits per heavy atom. The van der Waals surface area contributed by atoms with Gasteiger partial charge in [0.15, 0.2) is 0 Å². The molecule has 1 aromatic carbocycles. The fourth-order valence-corrected chi connectivity index (χ4v) is 4.60. The minimum absolute atomic E-state index is 0.294. The lowest BCUT2D eigenvalue weighted by molar-refractivity contribution is 0.397. The monoisotopic (exact) mass is 350 g/mol. The molecule has 2 atom stereocenters. The van der Waals surface area contributed by atoms with Gasteiger partial charge in [-0.1, -0.05) is 34.1 Å². The van der Waals surface area contributed by atoms with Gasteiger partial charge < -0.3 is 0 Å². The molecule has 2 aromatic rings. The van der Waals surface area contributed by atoms with Gasteiger partial charge in [0.2, 0.25) is 0 Å². The van der Waals surface area contributed by atoms with Crippen molar-refractivity contribution in [3.8, 4) is 0 Å². The van der Waals surface area contributed by atoms with Gasteiger partial charge in [0.25, 0.3) is 0 Å². The number of rotatable bonds is 4. The summed E-state index contributed by atoms with van der Waals surface area (Å²) in [5.41, 5.74) is 5.89. The van der Waals surface area contributed by atoms with Crippen molar-refractivity contribution in [3.63, 3.8) is 0 Å². The van der Waals surface area contributed by atoms with Gasteiger partial charge in [-0.2, -0.15) is 0 Å². The van der Waals surface area contributed by atoms with Crippen molar-refractivity contribution in [2.45, 2.75) is 37.6 Å². The first-order chi connectivity index (χ1) is 9.79. The smallest absolute Gasteiger partial charge is 0.0320 e. The van der Waals surface area contributed by atoms with Crippen LogP contribution in [0.2, 0.25) is 0 Å². The van der Waals surface area contributed by atoms with Gasteiger partial charge in [-0.15, -0.1) is 11.3 Å². The topological polar surface area (TPSA) is 38.0 Å². The molecule has 3 rings (SSSR count). The van der Waals surface area contributed by atoms with Crippen LogP contribution in [0.4, 0.5) is 0 Å². The average Bonchev–Trinajstić information content (AvgIpc) is 2.95. The van der Waals surface area contributed by atoms with Crippen LogP contribution in [0.25, 0.3) is 0 Å². The zero-order chi connectivity index (χ0) is 13.9. The third-order valence-electron chi connectivity index (χ3n) is 4.20. The van der Waals surface area contributed by atoms with Gasteiger partial charge in [0.1, 0.15) is 0 Å². The lowest BCUT2D eigenvalue weighted by atomic mass is 9.80. The van der Waals surface area contributed by atoms with E-state index in [-0.39, 0.29) is 0 Å². The number of fused-ring (bicyclic) bond motifs is 1. The summed E-state index contributed by atoms with van der Waals surface area (Å²) < 4.78 is 1.17. The first kappa shape index (κ1) is 14.3. The maximum Gasteiger partial charge on any atom is 0.0320 e. The van der Waals surface area contributed by atoms with Crippen molar-refractivity contribution in [2.24, 2.45) is 5.84 Å². The molecule has 2 nitrogen and oxygen atoms in total. The van der Waals surface area contributed by atoms with Crippen molar-refractivity contribution in [1.29, 1.82) is 0 Å². The van der Waals surface area contributed by atoms with E-state index in [1.165, 1.54) is 34.9 Å². The average molecular weight is 351 g/mol. The van der Waals surface area contributed by atoms with Crippen LogP contribution in [0.3, 0.4) is 0 Å². The van der Waals surface area contributed by atoms with Gasteiger partial charge in [-0.25, -0.2) is 0 Å². The number of hydrogen-bond acceptors (Lipinski definition) is 3. The Morgan fingerprint density at radius 3 is 3.00 bits per heavy atom. The van der Waals surface area contributed by atoms with Crippen LogP contribution in [0.15, 0.2) is 40.2 Å². The quantitative estimate of drug-likeness (QED) is 0.645. The number of nitrogens with two attached hydrogens (primary N) is 1. The predicted molar refractivity (Wildman–Crippen MR) is 89.0 cm³/mol. The van der Waals surface area contributed by atoms with Crippen LogP contribution < -0.4 is 11.3 Å². The summed E-state index contributed by atoms with van der Waals surface area (Å²) in [7, 11) is 0. The molecule has 0 saturated heterocycles. The van der Waals surface area contributed by atoms with Gasteiger partial charge in [-0.3, -0.25) is 11.3 Å². The molecule has 4 heteroatoms. The fraction of sp³-hybridized carbons (Fsp3) is 0.375. The largest absolute Gasteiger partial charge is 0.271 e. The second-order valence-electron chi connectivity index (χ2n) is 5.37. The Morgan fingerprint density at radius 1 is 1.35 bits per heavy atom. The van der Waals surface area contributed by atoms with E-state index in [2.05, 4.69) is 57.1 Å². The van der Waals surface area contributed by atoms with E-state index in [4.69, 9.17) is 5.84 Å². The third-order valence-corrected chi connectivity index (χ3v) is 5.97. The van der Waals surface area contributed by atoms with E-state index in [1.54, 1.807) is 4.88 Å². The minimum Gasteiger partial charge on any atom is -0.271 e. The van der Waals surface area contributed by atoms with Crippen LogP contribution in [-0.4, -0.2) is 6.04 Å². The number of halogens is 1. The standard InChI is InChI=1S/C16H19BrN2S/c17-14-6-2-1-4-11(14)10-15(19-18)12-5-3-7-16-13(12)8-9-20-16/h1-2,4,6,8-9,12,15,19H,3,5,7,10,18H2. The molecule has 2 unspecified atom stereocenters. The van der Waals surface area contributed by atoms with Crippen LogP contribution in [-0.2, 0) is 12.8 Å². The van der Waals surface area contributed by atoms with Crippen molar-refractivity contribution < 1.29 is 0 Å². The van der Waals surface area contributed by atoms with E-state index >= 15 is 0 Å². The van der Waals surface area contributed by atoms with Crippen LogP contribution in [0.5, 0.6) is 0 Å². The second kappa shape index (κ2) is 6.39. The third kappa shape index (κ3) is 2.84. The maximum absolute atomic E-state index is 5.87. The molecule has 3 N–H and O–H groups in total. The Labute approximate surface area is 132 Å². The van der Waals surface area contributed by atoms with Gasteiger partial charge >= 0.3 is 0 Å². The summed E-state index contributed by atoms with van der Waals surface area (Å²) in [6.07, 6.45) is 4.68. The summed E-state index contributed by atoms with van der Waals surface area (Å²) in [5.74, 6) is 6.40. The first-order valence-corrected chi connectivity index (χ1v) is 8.72. The van der Waals surface area contributed by atoms with Crippen molar-refractivity contribution in [3.05, 3.63) is 56.2 Å². The molecule has 1 aliphatic rings. The van der Waals surface area contributed by atoms with Gasteiger partial charge in [0.05, 0.1) is 0 Å². The molecule has 0 spiro atoms. The number of aryl methyl sites for hydroxylation is 1. The lowest BCUT2D eigenvalue weighted by Gasteiger charge is -2.30. The molecule has 20 heavy (non-hydrogen) atoms. The molecule has 0 radical (unpaired) electrons. The van der Waals surface area contributed by atoms with Gasteiger partial charge in [0, 0.05) is 21.3 Å². The van der Waals surface area contributed by atoms with Crippen molar-refractivity contribution >= 4 is 27.3 Å². The van der Waals surface area contributed by atoms with E-state index in [1.807, 2.05) is 11.3 Å². The second-order valence-corrected chi connectivity index (χ2v) is 7.22. The number of hydrazine groups is 1. The molecule has 1 heterocycles. The molecule has 0 bridgehead atoms. The zero-order valence-electron chi connectivity index (χ0n) is 11.3. The highest BCUT2D eigenvalue weighted by Gasteiger charge is 2.28. The Balaban J connectivity index is 1.83. The van der Waals surface area contributed by atoms with Crippen molar-refractivity contribution in [1.82, 2.24) is 5.43 Å². The molecule has 1 aromatic heterocycles.